The van der Waals surface area contributed by atoms with Gasteiger partial charge in [0.25, 0.3) is 0 Å². The highest BCUT2D eigenvalue weighted by Gasteiger charge is 2.03. The number of esters is 1. The molecule has 2 nitrogen and oxygen atoms in total. The highest BCUT2D eigenvalue weighted by molar-refractivity contribution is 5.69. The molecule has 0 aromatic carbocycles. The molecular weight excluding hydrogens is 536 g/mol. The Labute approximate surface area is 278 Å². The largest absolute Gasteiger partial charge is 0.466 e. The van der Waals surface area contributed by atoms with Gasteiger partial charge in [-0.2, -0.15) is 0 Å². The molecule has 0 fully saturated rings. The Morgan fingerprint density at radius 3 is 1.20 bits per heavy atom. The second-order valence-corrected chi connectivity index (χ2v) is 14.5. The number of carbonyl (C=O) groups is 1. The minimum Gasteiger partial charge on any atom is -0.466 e. The van der Waals surface area contributed by atoms with Crippen molar-refractivity contribution in [2.24, 2.45) is 5.92 Å². The number of hydrogen-bond acceptors (Lipinski definition) is 2. The van der Waals surface area contributed by atoms with E-state index in [-0.39, 0.29) is 5.97 Å². The van der Waals surface area contributed by atoms with Gasteiger partial charge in [-0.05, 0) is 44.4 Å². The Balaban J connectivity index is 3.17. The van der Waals surface area contributed by atoms with Crippen molar-refractivity contribution in [1.29, 1.82) is 0 Å². The molecule has 0 aliphatic carbocycles. The predicted octanol–water partition coefficient (Wildman–Crippen LogP) is 15.0. The molecule has 0 bridgehead atoms. The molecule has 2 heteroatoms. The van der Waals surface area contributed by atoms with Gasteiger partial charge < -0.3 is 4.74 Å². The molecule has 0 saturated carbocycles. The van der Waals surface area contributed by atoms with Crippen LogP contribution >= 0.6 is 0 Å². The molecule has 0 aromatic heterocycles. The summed E-state index contributed by atoms with van der Waals surface area (Å²) in [5.74, 6) is 0.901. The summed E-state index contributed by atoms with van der Waals surface area (Å²) in [7, 11) is 0. The molecule has 0 aliphatic rings. The molecule has 0 unspecified atom stereocenters. The standard InChI is InChI=1S/C42H82O2/c1-4-5-6-7-8-9-10-11-17-21-24-27-30-33-36-39-42(43)44-40-37-34-31-28-25-22-19-16-14-12-13-15-18-20-23-26-29-32-35-38-41(2)3/h11,17,41H,4-10,12-16,18-40H2,1-3H3/b17-11-. The molecule has 0 saturated heterocycles. The number of unbranched alkanes of at least 4 members (excludes halogenated alkanes) is 29. The maximum Gasteiger partial charge on any atom is 0.305 e. The minimum atomic E-state index is 0.0190. The van der Waals surface area contributed by atoms with Gasteiger partial charge in [-0.25, -0.2) is 0 Å². The van der Waals surface area contributed by atoms with Crippen molar-refractivity contribution in [3.8, 4) is 0 Å². The van der Waals surface area contributed by atoms with E-state index in [4.69, 9.17) is 4.74 Å². The SMILES string of the molecule is CCCCCCCC/C=C\CCCCCCCC(=O)OCCCCCCCCCCCCCCCCCCCCCC(C)C. The van der Waals surface area contributed by atoms with Crippen LogP contribution in [0.5, 0.6) is 0 Å². The number of ether oxygens (including phenoxy) is 1. The van der Waals surface area contributed by atoms with Gasteiger partial charge in [0.15, 0.2) is 0 Å². The van der Waals surface area contributed by atoms with E-state index in [9.17, 15) is 4.79 Å². The van der Waals surface area contributed by atoms with Crippen LogP contribution in [0.25, 0.3) is 0 Å². The quantitative estimate of drug-likeness (QED) is 0.0393. The average molecular weight is 619 g/mol. The van der Waals surface area contributed by atoms with Crippen LogP contribution in [0.2, 0.25) is 0 Å². The van der Waals surface area contributed by atoms with Gasteiger partial charge in [-0.15, -0.1) is 0 Å². The minimum absolute atomic E-state index is 0.0190. The zero-order valence-electron chi connectivity index (χ0n) is 30.8. The molecule has 0 heterocycles. The lowest BCUT2D eigenvalue weighted by Gasteiger charge is -2.06. The summed E-state index contributed by atoms with van der Waals surface area (Å²) in [6, 6.07) is 0. The summed E-state index contributed by atoms with van der Waals surface area (Å²) < 4.78 is 5.46. The molecule has 0 spiro atoms. The fraction of sp³-hybridized carbons (Fsp3) is 0.929. The lowest BCUT2D eigenvalue weighted by Crippen LogP contribution is -2.05. The van der Waals surface area contributed by atoms with Crippen molar-refractivity contribution in [3.63, 3.8) is 0 Å². The monoisotopic (exact) mass is 619 g/mol. The smallest absolute Gasteiger partial charge is 0.305 e. The van der Waals surface area contributed by atoms with Crippen LogP contribution in [0.1, 0.15) is 239 Å². The van der Waals surface area contributed by atoms with E-state index in [1.165, 1.54) is 193 Å². The Morgan fingerprint density at radius 1 is 0.455 bits per heavy atom. The van der Waals surface area contributed by atoms with Gasteiger partial charge in [0.2, 0.25) is 0 Å². The zero-order valence-corrected chi connectivity index (χ0v) is 30.8. The zero-order chi connectivity index (χ0) is 32.0. The van der Waals surface area contributed by atoms with E-state index in [2.05, 4.69) is 32.9 Å². The summed E-state index contributed by atoms with van der Waals surface area (Å²) in [5, 5.41) is 0. The lowest BCUT2D eigenvalue weighted by molar-refractivity contribution is -0.143. The summed E-state index contributed by atoms with van der Waals surface area (Å²) in [4.78, 5) is 12.0. The van der Waals surface area contributed by atoms with E-state index in [0.29, 0.717) is 13.0 Å². The number of hydrogen-bond donors (Lipinski definition) is 0. The summed E-state index contributed by atoms with van der Waals surface area (Å²) in [5.41, 5.74) is 0. The molecule has 0 amide bonds. The third-order valence-corrected chi connectivity index (χ3v) is 9.33. The molecule has 0 aliphatic heterocycles. The fourth-order valence-corrected chi connectivity index (χ4v) is 6.26. The number of carbonyl (C=O) groups excluding carboxylic acids is 1. The first-order valence-corrected chi connectivity index (χ1v) is 20.5. The van der Waals surface area contributed by atoms with Crippen molar-refractivity contribution < 1.29 is 9.53 Å². The topological polar surface area (TPSA) is 26.3 Å². The van der Waals surface area contributed by atoms with Gasteiger partial charge in [0.05, 0.1) is 6.61 Å². The highest BCUT2D eigenvalue weighted by atomic mass is 16.5. The van der Waals surface area contributed by atoms with Crippen molar-refractivity contribution in [1.82, 2.24) is 0 Å². The number of rotatable bonds is 37. The van der Waals surface area contributed by atoms with Crippen LogP contribution in [0.15, 0.2) is 12.2 Å². The first-order valence-electron chi connectivity index (χ1n) is 20.5. The van der Waals surface area contributed by atoms with E-state index in [0.717, 1.165) is 25.2 Å². The van der Waals surface area contributed by atoms with Crippen molar-refractivity contribution >= 4 is 5.97 Å². The van der Waals surface area contributed by atoms with Crippen molar-refractivity contribution in [2.75, 3.05) is 6.61 Å². The summed E-state index contributed by atoms with van der Waals surface area (Å²) in [6.45, 7) is 7.59. The Bertz CT molecular complexity index is 566. The third-order valence-electron chi connectivity index (χ3n) is 9.33. The summed E-state index contributed by atoms with van der Waals surface area (Å²) >= 11 is 0. The Hall–Kier alpha value is -0.790. The second-order valence-electron chi connectivity index (χ2n) is 14.5. The van der Waals surface area contributed by atoms with Crippen LogP contribution in [0, 0.1) is 5.92 Å². The van der Waals surface area contributed by atoms with Crippen LogP contribution in [-0.4, -0.2) is 12.6 Å². The Morgan fingerprint density at radius 2 is 0.795 bits per heavy atom. The van der Waals surface area contributed by atoms with Crippen molar-refractivity contribution in [2.45, 2.75) is 239 Å². The normalized spacial score (nSPS) is 11.7. The van der Waals surface area contributed by atoms with Crippen molar-refractivity contribution in [3.05, 3.63) is 12.2 Å². The van der Waals surface area contributed by atoms with E-state index < -0.39 is 0 Å². The Kier molecular flexibility index (Phi) is 37.7. The first-order chi connectivity index (χ1) is 21.7. The first kappa shape index (κ1) is 43.2. The van der Waals surface area contributed by atoms with Gasteiger partial charge >= 0.3 is 5.97 Å². The molecule has 0 radical (unpaired) electrons. The van der Waals surface area contributed by atoms with Crippen LogP contribution in [0.3, 0.4) is 0 Å². The lowest BCUT2D eigenvalue weighted by atomic mass is 10.0. The van der Waals surface area contributed by atoms with Gasteiger partial charge in [0.1, 0.15) is 0 Å². The van der Waals surface area contributed by atoms with E-state index >= 15 is 0 Å². The molecular formula is C42H82O2. The maximum atomic E-state index is 12.0. The maximum absolute atomic E-state index is 12.0. The van der Waals surface area contributed by atoms with E-state index in [1.54, 1.807) is 0 Å². The second kappa shape index (κ2) is 38.4. The molecule has 0 aromatic rings. The highest BCUT2D eigenvalue weighted by Crippen LogP contribution is 2.16. The summed E-state index contributed by atoms with van der Waals surface area (Å²) in [6.07, 6.45) is 50.1. The van der Waals surface area contributed by atoms with Crippen LogP contribution in [0.4, 0.5) is 0 Å². The fourth-order valence-electron chi connectivity index (χ4n) is 6.26. The average Bonchev–Trinajstić information content (AvgIpc) is 3.01. The van der Waals surface area contributed by atoms with E-state index in [1.807, 2.05) is 0 Å². The van der Waals surface area contributed by atoms with Gasteiger partial charge in [0, 0.05) is 6.42 Å². The molecule has 262 valence electrons. The van der Waals surface area contributed by atoms with Crippen LogP contribution < -0.4 is 0 Å². The molecule has 44 heavy (non-hydrogen) atoms. The molecule has 0 N–H and O–H groups in total. The van der Waals surface area contributed by atoms with Crippen LogP contribution in [-0.2, 0) is 9.53 Å². The predicted molar refractivity (Wildman–Crippen MR) is 198 cm³/mol. The third kappa shape index (κ3) is 39.2. The molecule has 0 atom stereocenters. The van der Waals surface area contributed by atoms with Gasteiger partial charge in [-0.1, -0.05) is 206 Å². The number of allylic oxidation sites excluding steroid dienone is 2. The molecule has 0 rings (SSSR count). The van der Waals surface area contributed by atoms with Gasteiger partial charge in [-0.3, -0.25) is 4.79 Å².